The zero-order valence-electron chi connectivity index (χ0n) is 15.0. The summed E-state index contributed by atoms with van der Waals surface area (Å²) in [5.74, 6) is 2.95. The molecule has 0 fully saturated rings. The smallest absolute Gasteiger partial charge is 0.185 e. The monoisotopic (exact) mass is 348 g/mol. The fraction of sp³-hybridized carbons (Fsp3) is 0.706. The van der Waals surface area contributed by atoms with Crippen LogP contribution in [0.3, 0.4) is 0 Å². The third-order valence-corrected chi connectivity index (χ3v) is 5.80. The maximum Gasteiger partial charge on any atom is 0.185 e. The van der Waals surface area contributed by atoms with Crippen LogP contribution in [-0.4, -0.2) is 39.4 Å². The highest BCUT2D eigenvalue weighted by molar-refractivity contribution is 7.15. The summed E-state index contributed by atoms with van der Waals surface area (Å²) in [6.45, 7) is 11.5. The minimum absolute atomic E-state index is 0.661. The van der Waals surface area contributed by atoms with E-state index in [9.17, 15) is 0 Å². The van der Waals surface area contributed by atoms with Crippen molar-refractivity contribution in [3.05, 3.63) is 22.7 Å². The van der Waals surface area contributed by atoms with Gasteiger partial charge in [-0.2, -0.15) is 0 Å². The Labute approximate surface area is 148 Å². The zero-order chi connectivity index (χ0) is 16.9. The highest BCUT2D eigenvalue weighted by Gasteiger charge is 2.22. The van der Waals surface area contributed by atoms with Gasteiger partial charge in [0.25, 0.3) is 0 Å². The van der Waals surface area contributed by atoms with Crippen LogP contribution in [0.25, 0.3) is 0 Å². The van der Waals surface area contributed by atoms with E-state index in [1.807, 2.05) is 6.20 Å². The quantitative estimate of drug-likeness (QED) is 0.794. The van der Waals surface area contributed by atoms with Gasteiger partial charge in [-0.3, -0.25) is 0 Å². The summed E-state index contributed by atoms with van der Waals surface area (Å²) < 4.78 is 2.32. The van der Waals surface area contributed by atoms with Gasteiger partial charge in [0.2, 0.25) is 0 Å². The average molecular weight is 349 g/mol. The van der Waals surface area contributed by atoms with Crippen LogP contribution in [0.2, 0.25) is 0 Å². The van der Waals surface area contributed by atoms with Crippen molar-refractivity contribution in [1.29, 1.82) is 0 Å². The molecule has 1 atom stereocenters. The van der Waals surface area contributed by atoms with Crippen molar-refractivity contribution in [2.75, 3.05) is 24.5 Å². The number of hydrogen-bond donors (Lipinski definition) is 1. The number of thiazole rings is 1. The second-order valence-electron chi connectivity index (χ2n) is 6.31. The molecule has 3 heterocycles. The molecule has 0 bridgehead atoms. The van der Waals surface area contributed by atoms with E-state index in [2.05, 4.69) is 50.7 Å². The van der Waals surface area contributed by atoms with Gasteiger partial charge in [0.15, 0.2) is 5.13 Å². The van der Waals surface area contributed by atoms with E-state index in [1.54, 1.807) is 11.3 Å². The normalized spacial score (nSPS) is 17.0. The van der Waals surface area contributed by atoms with Crippen molar-refractivity contribution < 1.29 is 0 Å². The van der Waals surface area contributed by atoms with Crippen molar-refractivity contribution in [3.8, 4) is 0 Å². The van der Waals surface area contributed by atoms with Crippen LogP contribution in [0.15, 0.2) is 6.20 Å². The van der Waals surface area contributed by atoms with Gasteiger partial charge in [0, 0.05) is 56.6 Å². The lowest BCUT2D eigenvalue weighted by atomic mass is 9.99. The lowest BCUT2D eigenvalue weighted by Crippen LogP contribution is -2.30. The topological polar surface area (TPSA) is 58.9 Å². The standard InChI is InChI=1S/C17H28N6S/c1-4-15-20-21-16-8-7-13(12-23(15)16)9-18-10-14-11-19-17(24-14)22(5-2)6-3/h11,13,18H,4-10,12H2,1-3H3. The Kier molecular flexibility index (Phi) is 5.84. The summed E-state index contributed by atoms with van der Waals surface area (Å²) in [7, 11) is 0. The van der Waals surface area contributed by atoms with Gasteiger partial charge < -0.3 is 14.8 Å². The molecule has 0 radical (unpaired) electrons. The van der Waals surface area contributed by atoms with Crippen LogP contribution in [-0.2, 0) is 25.9 Å². The van der Waals surface area contributed by atoms with Crippen molar-refractivity contribution in [3.63, 3.8) is 0 Å². The first kappa shape index (κ1) is 17.4. The SMILES string of the molecule is CCc1nnc2n1CC(CNCc1cnc(N(CC)CC)s1)CC2. The number of nitrogens with one attached hydrogen (secondary N) is 1. The molecule has 132 valence electrons. The molecular formula is C17H28N6S. The molecule has 1 aliphatic rings. The van der Waals surface area contributed by atoms with Crippen molar-refractivity contribution in [2.24, 2.45) is 5.92 Å². The second-order valence-corrected chi connectivity index (χ2v) is 7.41. The van der Waals surface area contributed by atoms with Gasteiger partial charge in [-0.15, -0.1) is 21.5 Å². The van der Waals surface area contributed by atoms with E-state index >= 15 is 0 Å². The number of hydrogen-bond acceptors (Lipinski definition) is 6. The van der Waals surface area contributed by atoms with Gasteiger partial charge in [-0.1, -0.05) is 6.92 Å². The van der Waals surface area contributed by atoms with Crippen LogP contribution in [0, 0.1) is 5.92 Å². The molecule has 1 unspecified atom stereocenters. The maximum absolute atomic E-state index is 4.55. The van der Waals surface area contributed by atoms with Crippen LogP contribution in [0.4, 0.5) is 5.13 Å². The Bertz CT molecular complexity index is 632. The summed E-state index contributed by atoms with van der Waals surface area (Å²) in [6.07, 6.45) is 5.22. The average Bonchev–Trinajstić information content (AvgIpc) is 3.23. The molecule has 1 N–H and O–H groups in total. The molecule has 7 heteroatoms. The summed E-state index contributed by atoms with van der Waals surface area (Å²) >= 11 is 1.80. The maximum atomic E-state index is 4.55. The highest BCUT2D eigenvalue weighted by atomic mass is 32.1. The third-order valence-electron chi connectivity index (χ3n) is 4.74. The molecule has 24 heavy (non-hydrogen) atoms. The van der Waals surface area contributed by atoms with E-state index in [-0.39, 0.29) is 0 Å². The van der Waals surface area contributed by atoms with E-state index in [0.29, 0.717) is 5.92 Å². The zero-order valence-corrected chi connectivity index (χ0v) is 15.8. The highest BCUT2D eigenvalue weighted by Crippen LogP contribution is 2.23. The molecule has 0 amide bonds. The molecule has 2 aromatic heterocycles. The number of aryl methyl sites for hydroxylation is 2. The number of aromatic nitrogens is 4. The summed E-state index contributed by atoms with van der Waals surface area (Å²) in [5.41, 5.74) is 0. The first-order valence-electron chi connectivity index (χ1n) is 9.06. The van der Waals surface area contributed by atoms with Crippen molar-refractivity contribution in [1.82, 2.24) is 25.1 Å². The molecule has 3 rings (SSSR count). The Balaban J connectivity index is 1.49. The summed E-state index contributed by atoms with van der Waals surface area (Å²) in [4.78, 5) is 8.17. The van der Waals surface area contributed by atoms with E-state index in [0.717, 1.165) is 62.3 Å². The molecule has 0 aromatic carbocycles. The van der Waals surface area contributed by atoms with Crippen LogP contribution in [0.1, 0.15) is 43.7 Å². The first-order chi connectivity index (χ1) is 11.7. The number of nitrogens with zero attached hydrogens (tertiary/aromatic N) is 5. The predicted octanol–water partition coefficient (Wildman–Crippen LogP) is 2.50. The number of anilines is 1. The fourth-order valence-electron chi connectivity index (χ4n) is 3.30. The molecular weight excluding hydrogens is 320 g/mol. The molecule has 0 saturated carbocycles. The second kappa shape index (κ2) is 8.07. The van der Waals surface area contributed by atoms with Crippen molar-refractivity contribution in [2.45, 2.75) is 53.1 Å². The van der Waals surface area contributed by atoms with Gasteiger partial charge in [0.1, 0.15) is 11.6 Å². The van der Waals surface area contributed by atoms with E-state index in [4.69, 9.17) is 0 Å². The molecule has 2 aromatic rings. The molecule has 0 saturated heterocycles. The lowest BCUT2D eigenvalue weighted by Gasteiger charge is -2.24. The van der Waals surface area contributed by atoms with Gasteiger partial charge in [-0.25, -0.2) is 4.98 Å². The first-order valence-corrected chi connectivity index (χ1v) is 9.88. The summed E-state index contributed by atoms with van der Waals surface area (Å²) in [5, 5.41) is 13.4. The van der Waals surface area contributed by atoms with Crippen molar-refractivity contribution >= 4 is 16.5 Å². The van der Waals surface area contributed by atoms with Crippen LogP contribution in [0.5, 0.6) is 0 Å². The summed E-state index contributed by atoms with van der Waals surface area (Å²) in [6, 6.07) is 0. The lowest BCUT2D eigenvalue weighted by molar-refractivity contribution is 0.343. The largest absolute Gasteiger partial charge is 0.349 e. The van der Waals surface area contributed by atoms with Gasteiger partial charge in [-0.05, 0) is 26.2 Å². The fourth-order valence-corrected chi connectivity index (χ4v) is 4.30. The Morgan fingerprint density at radius 2 is 2.12 bits per heavy atom. The molecule has 1 aliphatic heterocycles. The number of rotatable bonds is 8. The number of fused-ring (bicyclic) bond motifs is 1. The van der Waals surface area contributed by atoms with E-state index < -0.39 is 0 Å². The predicted molar refractivity (Wildman–Crippen MR) is 98.6 cm³/mol. The van der Waals surface area contributed by atoms with Gasteiger partial charge >= 0.3 is 0 Å². The molecule has 0 spiro atoms. The van der Waals surface area contributed by atoms with Crippen LogP contribution < -0.4 is 10.2 Å². The Hall–Kier alpha value is -1.47. The van der Waals surface area contributed by atoms with Crippen LogP contribution >= 0.6 is 11.3 Å². The third kappa shape index (κ3) is 3.78. The van der Waals surface area contributed by atoms with E-state index in [1.165, 1.54) is 11.3 Å². The minimum Gasteiger partial charge on any atom is -0.349 e. The molecule has 0 aliphatic carbocycles. The molecule has 6 nitrogen and oxygen atoms in total. The Morgan fingerprint density at radius 3 is 2.88 bits per heavy atom. The Morgan fingerprint density at radius 1 is 1.29 bits per heavy atom. The minimum atomic E-state index is 0.661. The van der Waals surface area contributed by atoms with Gasteiger partial charge in [0.05, 0.1) is 0 Å².